The van der Waals surface area contributed by atoms with Gasteiger partial charge in [0.25, 0.3) is 0 Å². The molecule has 0 aromatic carbocycles. The second-order valence-corrected chi connectivity index (χ2v) is 5.06. The molecule has 0 nitrogen and oxygen atoms in total. The van der Waals surface area contributed by atoms with Gasteiger partial charge in [-0.05, 0) is 25.2 Å². The maximum Gasteiger partial charge on any atom is -0.0300 e. The second-order valence-electron chi connectivity index (χ2n) is 5.06. The average molecular weight is 196 g/mol. The third kappa shape index (κ3) is 8.34. The van der Waals surface area contributed by atoms with Gasteiger partial charge < -0.3 is 0 Å². The summed E-state index contributed by atoms with van der Waals surface area (Å²) >= 11 is 0. The first kappa shape index (κ1) is 13.7. The van der Waals surface area contributed by atoms with Gasteiger partial charge in [-0.25, -0.2) is 0 Å². The fourth-order valence-electron chi connectivity index (χ4n) is 1.89. The van der Waals surface area contributed by atoms with Crippen molar-refractivity contribution in [2.45, 2.75) is 66.2 Å². The van der Waals surface area contributed by atoms with E-state index in [1.165, 1.54) is 44.1 Å². The molecule has 0 saturated carbocycles. The molecular weight excluding hydrogens is 168 g/mol. The van der Waals surface area contributed by atoms with E-state index in [9.17, 15) is 0 Å². The molecule has 14 heavy (non-hydrogen) atoms. The van der Waals surface area contributed by atoms with Gasteiger partial charge in [-0.1, -0.05) is 58.4 Å². The summed E-state index contributed by atoms with van der Waals surface area (Å²) in [5.74, 6) is 1.76. The fourth-order valence-corrected chi connectivity index (χ4v) is 1.89. The molecule has 0 fully saturated rings. The lowest BCUT2D eigenvalue weighted by Gasteiger charge is -2.12. The second kappa shape index (κ2) is 8.08. The van der Waals surface area contributed by atoms with Crippen LogP contribution in [0.1, 0.15) is 66.2 Å². The van der Waals surface area contributed by atoms with E-state index < -0.39 is 0 Å². The van der Waals surface area contributed by atoms with Gasteiger partial charge in [0.1, 0.15) is 0 Å². The smallest absolute Gasteiger partial charge is 0.0300 e. The molecule has 2 unspecified atom stereocenters. The first-order valence-corrected chi connectivity index (χ1v) is 6.20. The lowest BCUT2D eigenvalue weighted by atomic mass is 9.94. The average Bonchev–Trinajstić information content (AvgIpc) is 2.10. The van der Waals surface area contributed by atoms with Crippen LogP contribution in [0.5, 0.6) is 0 Å². The van der Waals surface area contributed by atoms with Crippen molar-refractivity contribution in [3.05, 3.63) is 12.2 Å². The zero-order valence-corrected chi connectivity index (χ0v) is 10.6. The van der Waals surface area contributed by atoms with E-state index in [1.54, 1.807) is 0 Å². The predicted molar refractivity (Wildman–Crippen MR) is 66.5 cm³/mol. The van der Waals surface area contributed by atoms with Gasteiger partial charge in [0.05, 0.1) is 0 Å². The molecule has 0 aliphatic heterocycles. The predicted octanol–water partition coefficient (Wildman–Crippen LogP) is 5.20. The van der Waals surface area contributed by atoms with Crippen LogP contribution in [0.15, 0.2) is 12.2 Å². The van der Waals surface area contributed by atoms with E-state index in [0.717, 1.165) is 11.8 Å². The molecule has 0 heterocycles. The summed E-state index contributed by atoms with van der Waals surface area (Å²) in [5, 5.41) is 0. The van der Waals surface area contributed by atoms with Crippen molar-refractivity contribution < 1.29 is 0 Å². The van der Waals surface area contributed by atoms with Crippen LogP contribution < -0.4 is 0 Å². The van der Waals surface area contributed by atoms with Gasteiger partial charge in [-0.3, -0.25) is 0 Å². The maximum atomic E-state index is 3.96. The number of hydrogen-bond donors (Lipinski definition) is 0. The van der Waals surface area contributed by atoms with Crippen molar-refractivity contribution in [3.8, 4) is 0 Å². The molecule has 0 radical (unpaired) electrons. The molecule has 0 aliphatic rings. The topological polar surface area (TPSA) is 0 Å². The Morgan fingerprint density at radius 1 is 1.07 bits per heavy atom. The van der Waals surface area contributed by atoms with Crippen LogP contribution >= 0.6 is 0 Å². The minimum absolute atomic E-state index is 0.837. The minimum atomic E-state index is 0.837. The summed E-state index contributed by atoms with van der Waals surface area (Å²) in [7, 11) is 0. The SMILES string of the molecule is C=C(C)CC(C)CCCCC(C)CC. The molecular formula is C14H28. The third-order valence-corrected chi connectivity index (χ3v) is 3.04. The molecule has 0 rings (SSSR count). The van der Waals surface area contributed by atoms with E-state index in [2.05, 4.69) is 34.3 Å². The molecule has 0 aliphatic carbocycles. The Balaban J connectivity index is 3.31. The van der Waals surface area contributed by atoms with Gasteiger partial charge >= 0.3 is 0 Å². The Labute approximate surface area is 90.8 Å². The molecule has 0 spiro atoms. The largest absolute Gasteiger partial charge is 0.100 e. The summed E-state index contributed by atoms with van der Waals surface area (Å²) in [6.45, 7) is 13.1. The molecule has 0 heteroatoms. The van der Waals surface area contributed by atoms with E-state index in [4.69, 9.17) is 0 Å². The molecule has 0 N–H and O–H groups in total. The van der Waals surface area contributed by atoms with Gasteiger partial charge in [-0.2, -0.15) is 0 Å². The van der Waals surface area contributed by atoms with Gasteiger partial charge in [0, 0.05) is 0 Å². The Morgan fingerprint density at radius 3 is 2.00 bits per heavy atom. The summed E-state index contributed by atoms with van der Waals surface area (Å²) in [5.41, 5.74) is 1.33. The van der Waals surface area contributed by atoms with Crippen LogP contribution in [0, 0.1) is 11.8 Å². The molecule has 0 saturated heterocycles. The minimum Gasteiger partial charge on any atom is -0.100 e. The third-order valence-electron chi connectivity index (χ3n) is 3.04. The van der Waals surface area contributed by atoms with E-state index in [0.29, 0.717) is 0 Å². The number of rotatable bonds is 8. The lowest BCUT2D eigenvalue weighted by Crippen LogP contribution is -1.97. The highest BCUT2D eigenvalue weighted by Gasteiger charge is 2.03. The standard InChI is InChI=1S/C14H28/c1-6-13(4)9-7-8-10-14(5)11-12(2)3/h13-14H,2,6-11H2,1,3-5H3. The monoisotopic (exact) mass is 196 g/mol. The van der Waals surface area contributed by atoms with Crippen LogP contribution in [0.2, 0.25) is 0 Å². The molecule has 84 valence electrons. The van der Waals surface area contributed by atoms with Crippen molar-refractivity contribution in [2.24, 2.45) is 11.8 Å². The Kier molecular flexibility index (Phi) is 7.93. The number of unbranched alkanes of at least 4 members (excludes halogenated alkanes) is 1. The summed E-state index contributed by atoms with van der Waals surface area (Å²) in [4.78, 5) is 0. The quantitative estimate of drug-likeness (QED) is 0.370. The van der Waals surface area contributed by atoms with Crippen LogP contribution in [0.3, 0.4) is 0 Å². The van der Waals surface area contributed by atoms with Gasteiger partial charge in [-0.15, -0.1) is 6.58 Å². The molecule has 0 amide bonds. The molecule has 0 aromatic heterocycles. The first-order chi connectivity index (χ1) is 6.56. The molecule has 2 atom stereocenters. The molecule has 0 aromatic rings. The van der Waals surface area contributed by atoms with Crippen molar-refractivity contribution in [1.29, 1.82) is 0 Å². The van der Waals surface area contributed by atoms with Crippen LogP contribution in [0.25, 0.3) is 0 Å². The van der Waals surface area contributed by atoms with Crippen LogP contribution in [-0.2, 0) is 0 Å². The Bertz CT molecular complexity index is 146. The van der Waals surface area contributed by atoms with Gasteiger partial charge in [0.15, 0.2) is 0 Å². The van der Waals surface area contributed by atoms with Crippen LogP contribution in [0.4, 0.5) is 0 Å². The Morgan fingerprint density at radius 2 is 1.57 bits per heavy atom. The highest BCUT2D eigenvalue weighted by Crippen LogP contribution is 2.18. The van der Waals surface area contributed by atoms with Crippen molar-refractivity contribution in [2.75, 3.05) is 0 Å². The van der Waals surface area contributed by atoms with Crippen molar-refractivity contribution >= 4 is 0 Å². The lowest BCUT2D eigenvalue weighted by molar-refractivity contribution is 0.440. The maximum absolute atomic E-state index is 3.96. The zero-order valence-electron chi connectivity index (χ0n) is 10.6. The highest BCUT2D eigenvalue weighted by atomic mass is 14.1. The normalized spacial score (nSPS) is 15.1. The Hall–Kier alpha value is -0.260. The highest BCUT2D eigenvalue weighted by molar-refractivity contribution is 4.89. The van der Waals surface area contributed by atoms with E-state index >= 15 is 0 Å². The molecule has 0 bridgehead atoms. The van der Waals surface area contributed by atoms with E-state index in [1.807, 2.05) is 0 Å². The van der Waals surface area contributed by atoms with Crippen molar-refractivity contribution in [3.63, 3.8) is 0 Å². The number of hydrogen-bond acceptors (Lipinski definition) is 0. The summed E-state index contributed by atoms with van der Waals surface area (Å²) in [6.07, 6.45) is 8.15. The first-order valence-electron chi connectivity index (χ1n) is 6.20. The van der Waals surface area contributed by atoms with Crippen LogP contribution in [-0.4, -0.2) is 0 Å². The van der Waals surface area contributed by atoms with Crippen molar-refractivity contribution in [1.82, 2.24) is 0 Å². The van der Waals surface area contributed by atoms with Gasteiger partial charge in [0.2, 0.25) is 0 Å². The zero-order chi connectivity index (χ0) is 11.0. The number of allylic oxidation sites excluding steroid dienone is 1. The summed E-state index contributed by atoms with van der Waals surface area (Å²) in [6, 6.07) is 0. The summed E-state index contributed by atoms with van der Waals surface area (Å²) < 4.78 is 0. The van der Waals surface area contributed by atoms with E-state index in [-0.39, 0.29) is 0 Å². The fraction of sp³-hybridized carbons (Fsp3) is 0.857.